The summed E-state index contributed by atoms with van der Waals surface area (Å²) < 4.78 is 5.38. The molecule has 0 spiro atoms. The summed E-state index contributed by atoms with van der Waals surface area (Å²) in [5.74, 6) is 2.26. The second kappa shape index (κ2) is 7.70. The average Bonchev–Trinajstić information content (AvgIpc) is 2.94. The summed E-state index contributed by atoms with van der Waals surface area (Å²) in [6.07, 6.45) is 6.32. The van der Waals surface area contributed by atoms with E-state index in [4.69, 9.17) is 4.74 Å². The number of pyridine rings is 1. The highest BCUT2D eigenvalue weighted by Crippen LogP contribution is 2.41. The maximum atomic E-state index is 12.3. The molecular formula is C19H28N4O2. The second-order valence-electron chi connectivity index (χ2n) is 7.71. The van der Waals surface area contributed by atoms with Gasteiger partial charge >= 0.3 is 6.03 Å². The molecule has 1 saturated heterocycles. The SMILES string of the molecule is O=C(Nc1cccc(CN2CCOCC2)n1)NC1CC2CCC(C2)C1. The van der Waals surface area contributed by atoms with Crippen LogP contribution in [-0.2, 0) is 11.3 Å². The van der Waals surface area contributed by atoms with Gasteiger partial charge in [0.25, 0.3) is 0 Å². The van der Waals surface area contributed by atoms with Gasteiger partial charge in [0.2, 0.25) is 0 Å². The molecule has 2 N–H and O–H groups in total. The summed E-state index contributed by atoms with van der Waals surface area (Å²) in [5, 5.41) is 6.06. The van der Waals surface area contributed by atoms with Crippen LogP contribution in [-0.4, -0.2) is 48.3 Å². The van der Waals surface area contributed by atoms with Crippen molar-refractivity contribution < 1.29 is 9.53 Å². The third-order valence-corrected chi connectivity index (χ3v) is 5.76. The number of urea groups is 1. The molecule has 0 radical (unpaired) electrons. The molecule has 2 bridgehead atoms. The first-order chi connectivity index (χ1) is 12.2. The van der Waals surface area contributed by atoms with E-state index in [1.165, 1.54) is 19.3 Å². The van der Waals surface area contributed by atoms with Gasteiger partial charge < -0.3 is 10.1 Å². The van der Waals surface area contributed by atoms with Gasteiger partial charge in [0, 0.05) is 25.7 Å². The zero-order chi connectivity index (χ0) is 17.1. The van der Waals surface area contributed by atoms with Gasteiger partial charge in [-0.25, -0.2) is 9.78 Å². The Kier molecular flexibility index (Phi) is 5.17. The molecule has 25 heavy (non-hydrogen) atoms. The lowest BCUT2D eigenvalue weighted by molar-refractivity contribution is 0.0337. The van der Waals surface area contributed by atoms with Crippen LogP contribution in [0.25, 0.3) is 0 Å². The number of amides is 2. The van der Waals surface area contributed by atoms with Gasteiger partial charge in [-0.05, 0) is 43.2 Å². The summed E-state index contributed by atoms with van der Waals surface area (Å²) >= 11 is 0. The van der Waals surface area contributed by atoms with Crippen molar-refractivity contribution in [3.05, 3.63) is 23.9 Å². The molecule has 2 heterocycles. The predicted octanol–water partition coefficient (Wildman–Crippen LogP) is 2.61. The summed E-state index contributed by atoms with van der Waals surface area (Å²) in [6, 6.07) is 6.02. The van der Waals surface area contributed by atoms with Gasteiger partial charge in [0.1, 0.15) is 5.82 Å². The first-order valence-electron chi connectivity index (χ1n) is 9.58. The predicted molar refractivity (Wildman–Crippen MR) is 96.3 cm³/mol. The van der Waals surface area contributed by atoms with Crippen molar-refractivity contribution in [1.29, 1.82) is 0 Å². The number of morpholine rings is 1. The van der Waals surface area contributed by atoms with E-state index in [0.717, 1.165) is 63.2 Å². The molecule has 4 rings (SSSR count). The number of hydrogen-bond donors (Lipinski definition) is 2. The number of carbonyl (C=O) groups is 1. The second-order valence-corrected chi connectivity index (χ2v) is 7.71. The Labute approximate surface area is 149 Å². The van der Waals surface area contributed by atoms with Crippen molar-refractivity contribution in [1.82, 2.24) is 15.2 Å². The van der Waals surface area contributed by atoms with Crippen LogP contribution in [0.2, 0.25) is 0 Å². The summed E-state index contributed by atoms with van der Waals surface area (Å²) in [7, 11) is 0. The molecule has 1 aliphatic heterocycles. The fourth-order valence-electron chi connectivity index (χ4n) is 4.59. The van der Waals surface area contributed by atoms with Crippen molar-refractivity contribution in [3.8, 4) is 0 Å². The minimum absolute atomic E-state index is 0.123. The third kappa shape index (κ3) is 4.50. The van der Waals surface area contributed by atoms with Crippen molar-refractivity contribution in [2.45, 2.75) is 44.7 Å². The van der Waals surface area contributed by atoms with Crippen molar-refractivity contribution in [2.24, 2.45) is 11.8 Å². The van der Waals surface area contributed by atoms with E-state index >= 15 is 0 Å². The number of hydrogen-bond acceptors (Lipinski definition) is 4. The quantitative estimate of drug-likeness (QED) is 0.881. The van der Waals surface area contributed by atoms with Gasteiger partial charge in [-0.15, -0.1) is 0 Å². The van der Waals surface area contributed by atoms with Crippen molar-refractivity contribution in [2.75, 3.05) is 31.6 Å². The number of nitrogens with one attached hydrogen (secondary N) is 2. The highest BCUT2D eigenvalue weighted by Gasteiger charge is 2.34. The summed E-state index contributed by atoms with van der Waals surface area (Å²) in [6.45, 7) is 4.23. The summed E-state index contributed by atoms with van der Waals surface area (Å²) in [4.78, 5) is 19.2. The number of carbonyl (C=O) groups excluding carboxylic acids is 1. The first kappa shape index (κ1) is 16.8. The lowest BCUT2D eigenvalue weighted by atomic mass is 9.85. The molecule has 6 heteroatoms. The molecule has 2 atom stereocenters. The topological polar surface area (TPSA) is 66.5 Å². The van der Waals surface area contributed by atoms with E-state index in [1.807, 2.05) is 18.2 Å². The third-order valence-electron chi connectivity index (χ3n) is 5.76. The fraction of sp³-hybridized carbons (Fsp3) is 0.684. The number of anilines is 1. The number of fused-ring (bicyclic) bond motifs is 2. The molecule has 2 unspecified atom stereocenters. The van der Waals surface area contributed by atoms with Crippen LogP contribution in [0.1, 0.15) is 37.8 Å². The van der Waals surface area contributed by atoms with Crippen LogP contribution in [0.5, 0.6) is 0 Å². The van der Waals surface area contributed by atoms with E-state index in [2.05, 4.69) is 20.5 Å². The molecule has 2 amide bonds. The Morgan fingerprint density at radius 3 is 2.68 bits per heavy atom. The van der Waals surface area contributed by atoms with E-state index in [1.54, 1.807) is 0 Å². The van der Waals surface area contributed by atoms with Crippen LogP contribution in [0.4, 0.5) is 10.6 Å². The molecule has 0 aromatic carbocycles. The summed E-state index contributed by atoms with van der Waals surface area (Å²) in [5.41, 5.74) is 0.982. The van der Waals surface area contributed by atoms with Crippen molar-refractivity contribution in [3.63, 3.8) is 0 Å². The highest BCUT2D eigenvalue weighted by atomic mass is 16.5. The maximum Gasteiger partial charge on any atom is 0.320 e. The van der Waals surface area contributed by atoms with Crippen LogP contribution in [0.15, 0.2) is 18.2 Å². The largest absolute Gasteiger partial charge is 0.379 e. The smallest absolute Gasteiger partial charge is 0.320 e. The molecule has 3 fully saturated rings. The van der Waals surface area contributed by atoms with E-state index in [0.29, 0.717) is 11.9 Å². The Morgan fingerprint density at radius 2 is 1.92 bits per heavy atom. The van der Waals surface area contributed by atoms with E-state index < -0.39 is 0 Å². The molecule has 1 aromatic heterocycles. The first-order valence-corrected chi connectivity index (χ1v) is 9.58. The zero-order valence-corrected chi connectivity index (χ0v) is 14.7. The monoisotopic (exact) mass is 344 g/mol. The lowest BCUT2D eigenvalue weighted by Crippen LogP contribution is -2.41. The van der Waals surface area contributed by atoms with Gasteiger partial charge in [0.15, 0.2) is 0 Å². The van der Waals surface area contributed by atoms with E-state index in [9.17, 15) is 4.79 Å². The van der Waals surface area contributed by atoms with Gasteiger partial charge in [-0.1, -0.05) is 18.9 Å². The molecule has 136 valence electrons. The van der Waals surface area contributed by atoms with Crippen LogP contribution in [0, 0.1) is 11.8 Å². The van der Waals surface area contributed by atoms with Gasteiger partial charge in [0.05, 0.1) is 18.9 Å². The van der Waals surface area contributed by atoms with Crippen LogP contribution in [0.3, 0.4) is 0 Å². The number of ether oxygens (including phenoxy) is 1. The Bertz CT molecular complexity index is 591. The molecule has 3 aliphatic rings. The van der Waals surface area contributed by atoms with Crippen LogP contribution < -0.4 is 10.6 Å². The molecule has 1 aromatic rings. The molecule has 2 saturated carbocycles. The van der Waals surface area contributed by atoms with Crippen molar-refractivity contribution >= 4 is 11.8 Å². The fourth-order valence-corrected chi connectivity index (χ4v) is 4.59. The van der Waals surface area contributed by atoms with Crippen LogP contribution >= 0.6 is 0 Å². The average molecular weight is 344 g/mol. The molecule has 2 aliphatic carbocycles. The number of rotatable bonds is 4. The minimum Gasteiger partial charge on any atom is -0.379 e. The van der Waals surface area contributed by atoms with Gasteiger partial charge in [-0.2, -0.15) is 0 Å². The molecule has 6 nitrogen and oxygen atoms in total. The zero-order valence-electron chi connectivity index (χ0n) is 14.7. The van der Waals surface area contributed by atoms with E-state index in [-0.39, 0.29) is 6.03 Å². The highest BCUT2D eigenvalue weighted by molar-refractivity contribution is 5.88. The maximum absolute atomic E-state index is 12.3. The number of nitrogens with zero attached hydrogens (tertiary/aromatic N) is 2. The van der Waals surface area contributed by atoms with Gasteiger partial charge in [-0.3, -0.25) is 10.2 Å². The Morgan fingerprint density at radius 1 is 1.16 bits per heavy atom. The Hall–Kier alpha value is -1.66. The Balaban J connectivity index is 1.29. The normalized spacial score (nSPS) is 29.4. The lowest BCUT2D eigenvalue weighted by Gasteiger charge is -2.28. The minimum atomic E-state index is -0.123. The molecular weight excluding hydrogens is 316 g/mol. The number of aromatic nitrogens is 1. The standard InChI is InChI=1S/C19H28N4O2/c24-19(21-17-11-14-4-5-15(10-14)12-17)22-18-3-1-2-16(20-18)13-23-6-8-25-9-7-23/h1-3,14-15,17H,4-13H2,(H2,20,21,22,24).